The molecule has 2 N–H and O–H groups in total. The minimum Gasteiger partial charge on any atom is -0.396 e. The van der Waals surface area contributed by atoms with Crippen LogP contribution in [0, 0.1) is 0 Å². The van der Waals surface area contributed by atoms with Crippen LogP contribution in [0.2, 0.25) is 0 Å². The van der Waals surface area contributed by atoms with Crippen LogP contribution in [0.1, 0.15) is 38.3 Å². The van der Waals surface area contributed by atoms with Gasteiger partial charge in [-0.1, -0.05) is 26.8 Å². The molecule has 0 saturated carbocycles. The number of hydrogen-bond acceptors (Lipinski definition) is 1. The average Bonchev–Trinajstić information content (AvgIpc) is 2.67. The lowest BCUT2D eigenvalue weighted by Gasteiger charge is -2.19. The Morgan fingerprint density at radius 2 is 2.00 bits per heavy atom. The maximum absolute atomic E-state index is 8.91. The van der Waals surface area contributed by atoms with E-state index in [-0.39, 0.29) is 12.0 Å². The fraction of sp³-hybridized carbons (Fsp3) is 0.467. The molecule has 2 heteroatoms. The molecule has 0 aliphatic heterocycles. The van der Waals surface area contributed by atoms with Crippen LogP contribution < -0.4 is 0 Å². The number of aliphatic hydroxyl groups is 1. The van der Waals surface area contributed by atoms with Crippen molar-refractivity contribution in [2.24, 2.45) is 0 Å². The average molecular weight is 231 g/mol. The Morgan fingerprint density at radius 3 is 2.65 bits per heavy atom. The summed E-state index contributed by atoms with van der Waals surface area (Å²) in [6.45, 7) is 6.95. The lowest BCUT2D eigenvalue weighted by Crippen LogP contribution is -2.10. The van der Waals surface area contributed by atoms with E-state index in [2.05, 4.69) is 50.2 Å². The molecular weight excluding hydrogens is 210 g/mol. The largest absolute Gasteiger partial charge is 0.396 e. The summed E-state index contributed by atoms with van der Waals surface area (Å²) in [7, 11) is 0. The van der Waals surface area contributed by atoms with Crippen molar-refractivity contribution < 1.29 is 5.11 Å². The second kappa shape index (κ2) is 4.53. The highest BCUT2D eigenvalue weighted by Gasteiger charge is 2.14. The van der Waals surface area contributed by atoms with Gasteiger partial charge in [0.25, 0.3) is 0 Å². The van der Waals surface area contributed by atoms with Gasteiger partial charge in [-0.05, 0) is 41.5 Å². The molecule has 0 fully saturated rings. The second-order valence-corrected chi connectivity index (χ2v) is 5.65. The van der Waals surface area contributed by atoms with Crippen molar-refractivity contribution in [3.8, 4) is 0 Å². The number of aromatic nitrogens is 1. The van der Waals surface area contributed by atoms with Gasteiger partial charge in [-0.25, -0.2) is 0 Å². The van der Waals surface area contributed by atoms with E-state index in [1.807, 2.05) is 0 Å². The lowest BCUT2D eigenvalue weighted by molar-refractivity contribution is 0.289. The smallest absolute Gasteiger partial charge is 0.0456 e. The molecule has 92 valence electrons. The van der Waals surface area contributed by atoms with Gasteiger partial charge in [-0.15, -0.1) is 0 Å². The predicted octanol–water partition coefficient (Wildman–Crippen LogP) is 3.39. The molecule has 0 bridgehead atoms. The molecule has 2 aromatic rings. The third-order valence-corrected chi connectivity index (χ3v) is 3.24. The van der Waals surface area contributed by atoms with Crippen molar-refractivity contribution >= 4 is 10.9 Å². The van der Waals surface area contributed by atoms with Crippen LogP contribution in [0.25, 0.3) is 10.9 Å². The maximum atomic E-state index is 8.91. The molecule has 0 unspecified atom stereocenters. The Labute approximate surface area is 103 Å². The molecule has 0 atom stereocenters. The first-order chi connectivity index (χ1) is 8.02. The first-order valence-electron chi connectivity index (χ1n) is 6.24. The summed E-state index contributed by atoms with van der Waals surface area (Å²) in [5, 5.41) is 10.2. The monoisotopic (exact) mass is 231 g/mol. The maximum Gasteiger partial charge on any atom is 0.0456 e. The standard InChI is InChI=1S/C15H21NO/c1-15(2,3)12-6-7-14-13(9-12)11(10-16-14)5-4-8-17/h6-7,9-10,16-17H,4-5,8H2,1-3H3. The number of rotatable bonds is 3. The molecule has 0 saturated heterocycles. The molecular formula is C15H21NO. The number of fused-ring (bicyclic) bond motifs is 1. The first kappa shape index (κ1) is 12.2. The van der Waals surface area contributed by atoms with Gasteiger partial charge < -0.3 is 10.1 Å². The Morgan fingerprint density at radius 1 is 1.24 bits per heavy atom. The molecule has 0 radical (unpaired) electrons. The van der Waals surface area contributed by atoms with Gasteiger partial charge >= 0.3 is 0 Å². The number of hydrogen-bond donors (Lipinski definition) is 2. The predicted molar refractivity (Wildman–Crippen MR) is 72.4 cm³/mol. The van der Waals surface area contributed by atoms with Gasteiger partial charge in [-0.2, -0.15) is 0 Å². The molecule has 0 spiro atoms. The summed E-state index contributed by atoms with van der Waals surface area (Å²) in [6.07, 6.45) is 3.82. The SMILES string of the molecule is CC(C)(C)c1ccc2[nH]cc(CCCO)c2c1. The van der Waals surface area contributed by atoms with Crippen molar-refractivity contribution in [2.75, 3.05) is 6.61 Å². The van der Waals surface area contributed by atoms with E-state index in [0.29, 0.717) is 0 Å². The summed E-state index contributed by atoms with van der Waals surface area (Å²) < 4.78 is 0. The quantitative estimate of drug-likeness (QED) is 0.834. The summed E-state index contributed by atoms with van der Waals surface area (Å²) in [5.74, 6) is 0. The van der Waals surface area contributed by atoms with Gasteiger partial charge in [0, 0.05) is 23.7 Å². The number of benzene rings is 1. The Balaban J connectivity index is 2.43. The number of aliphatic hydroxyl groups excluding tert-OH is 1. The number of H-pyrrole nitrogens is 1. The van der Waals surface area contributed by atoms with E-state index in [9.17, 15) is 0 Å². The topological polar surface area (TPSA) is 36.0 Å². The van der Waals surface area contributed by atoms with Crippen molar-refractivity contribution in [3.05, 3.63) is 35.5 Å². The molecule has 0 aliphatic carbocycles. The van der Waals surface area contributed by atoms with E-state index >= 15 is 0 Å². The van der Waals surface area contributed by atoms with Gasteiger partial charge in [0.05, 0.1) is 0 Å². The molecule has 1 aromatic carbocycles. The van der Waals surface area contributed by atoms with E-state index in [1.165, 1.54) is 22.0 Å². The number of nitrogens with one attached hydrogen (secondary N) is 1. The highest BCUT2D eigenvalue weighted by atomic mass is 16.2. The van der Waals surface area contributed by atoms with Crippen molar-refractivity contribution in [1.82, 2.24) is 4.98 Å². The van der Waals surface area contributed by atoms with E-state index in [0.717, 1.165) is 12.8 Å². The van der Waals surface area contributed by atoms with Crippen LogP contribution in [0.3, 0.4) is 0 Å². The third-order valence-electron chi connectivity index (χ3n) is 3.24. The second-order valence-electron chi connectivity index (χ2n) is 5.65. The third kappa shape index (κ3) is 2.52. The van der Waals surface area contributed by atoms with Crippen LogP contribution in [-0.4, -0.2) is 16.7 Å². The van der Waals surface area contributed by atoms with Crippen LogP contribution >= 0.6 is 0 Å². The van der Waals surface area contributed by atoms with Gasteiger partial charge in [-0.3, -0.25) is 0 Å². The minimum atomic E-state index is 0.180. The molecule has 0 aliphatic rings. The molecule has 2 nitrogen and oxygen atoms in total. The lowest BCUT2D eigenvalue weighted by atomic mass is 9.86. The highest BCUT2D eigenvalue weighted by molar-refractivity contribution is 5.84. The van der Waals surface area contributed by atoms with Gasteiger partial charge in [0.2, 0.25) is 0 Å². The van der Waals surface area contributed by atoms with Crippen LogP contribution in [0.5, 0.6) is 0 Å². The Kier molecular flexibility index (Phi) is 3.25. The molecule has 1 aromatic heterocycles. The van der Waals surface area contributed by atoms with Gasteiger partial charge in [0.1, 0.15) is 0 Å². The summed E-state index contributed by atoms with van der Waals surface area (Å²) >= 11 is 0. The van der Waals surface area contributed by atoms with Crippen molar-refractivity contribution in [1.29, 1.82) is 0 Å². The molecule has 0 amide bonds. The Hall–Kier alpha value is -1.28. The zero-order valence-electron chi connectivity index (χ0n) is 10.9. The molecule has 2 rings (SSSR count). The Bertz CT molecular complexity index is 505. The van der Waals surface area contributed by atoms with E-state index < -0.39 is 0 Å². The number of aryl methyl sites for hydroxylation is 1. The zero-order chi connectivity index (χ0) is 12.5. The normalized spacial score (nSPS) is 12.2. The first-order valence-corrected chi connectivity index (χ1v) is 6.24. The molecule has 17 heavy (non-hydrogen) atoms. The fourth-order valence-electron chi connectivity index (χ4n) is 2.12. The highest BCUT2D eigenvalue weighted by Crippen LogP contribution is 2.28. The summed E-state index contributed by atoms with van der Waals surface area (Å²) in [4.78, 5) is 3.29. The molecule has 1 heterocycles. The summed E-state index contributed by atoms with van der Waals surface area (Å²) in [6, 6.07) is 6.62. The number of aromatic amines is 1. The van der Waals surface area contributed by atoms with Crippen molar-refractivity contribution in [3.63, 3.8) is 0 Å². The van der Waals surface area contributed by atoms with Crippen LogP contribution in [0.4, 0.5) is 0 Å². The van der Waals surface area contributed by atoms with Crippen LogP contribution in [0.15, 0.2) is 24.4 Å². The zero-order valence-corrected chi connectivity index (χ0v) is 10.9. The van der Waals surface area contributed by atoms with Crippen molar-refractivity contribution in [2.45, 2.75) is 39.0 Å². The van der Waals surface area contributed by atoms with E-state index in [1.54, 1.807) is 0 Å². The minimum absolute atomic E-state index is 0.180. The van der Waals surface area contributed by atoms with E-state index in [4.69, 9.17) is 5.11 Å². The van der Waals surface area contributed by atoms with Gasteiger partial charge in [0.15, 0.2) is 0 Å². The summed E-state index contributed by atoms with van der Waals surface area (Å²) in [5.41, 5.74) is 4.03. The van der Waals surface area contributed by atoms with Crippen LogP contribution in [-0.2, 0) is 11.8 Å². The fourth-order valence-corrected chi connectivity index (χ4v) is 2.12.